The fraction of sp³-hybridized carbons (Fsp3) is 0.917. The van der Waals surface area contributed by atoms with Crippen LogP contribution >= 0.6 is 0 Å². The zero-order valence-corrected chi connectivity index (χ0v) is 10.1. The van der Waals surface area contributed by atoms with Gasteiger partial charge in [-0.05, 0) is 38.1 Å². The second kappa shape index (κ2) is 6.86. The zero-order chi connectivity index (χ0) is 12.0. The van der Waals surface area contributed by atoms with Crippen molar-refractivity contribution in [2.24, 2.45) is 17.6 Å². The smallest absolute Gasteiger partial charge is 0.223 e. The predicted molar refractivity (Wildman–Crippen MR) is 63.8 cm³/mol. The van der Waals surface area contributed by atoms with Crippen LogP contribution in [0.15, 0.2) is 0 Å². The van der Waals surface area contributed by atoms with E-state index < -0.39 is 0 Å². The third-order valence-electron chi connectivity index (χ3n) is 3.55. The molecular formula is C12H24N2O2. The van der Waals surface area contributed by atoms with Crippen LogP contribution in [-0.2, 0) is 4.79 Å². The summed E-state index contributed by atoms with van der Waals surface area (Å²) < 4.78 is 0. The van der Waals surface area contributed by atoms with Gasteiger partial charge in [-0.25, -0.2) is 0 Å². The second-order valence-corrected chi connectivity index (χ2v) is 4.67. The molecule has 0 aliphatic heterocycles. The van der Waals surface area contributed by atoms with Gasteiger partial charge in [-0.1, -0.05) is 13.3 Å². The Morgan fingerprint density at radius 2 is 2.31 bits per heavy atom. The van der Waals surface area contributed by atoms with E-state index in [-0.39, 0.29) is 17.9 Å². The summed E-state index contributed by atoms with van der Waals surface area (Å²) in [5.74, 6) is 0.580. The van der Waals surface area contributed by atoms with Crippen LogP contribution < -0.4 is 11.1 Å². The molecule has 1 saturated carbocycles. The summed E-state index contributed by atoms with van der Waals surface area (Å²) in [6, 6.07) is 0. The molecule has 0 aromatic rings. The van der Waals surface area contributed by atoms with E-state index in [2.05, 4.69) is 5.32 Å². The summed E-state index contributed by atoms with van der Waals surface area (Å²) in [6.07, 6.45) is 4.23. The molecule has 0 aromatic carbocycles. The van der Waals surface area contributed by atoms with E-state index in [0.717, 1.165) is 25.7 Å². The Kier molecular flexibility index (Phi) is 5.77. The third-order valence-corrected chi connectivity index (χ3v) is 3.55. The van der Waals surface area contributed by atoms with E-state index in [4.69, 9.17) is 5.73 Å². The molecule has 1 rings (SSSR count). The highest BCUT2D eigenvalue weighted by atomic mass is 16.3. The van der Waals surface area contributed by atoms with Crippen molar-refractivity contribution in [1.29, 1.82) is 0 Å². The van der Waals surface area contributed by atoms with Gasteiger partial charge in [0.1, 0.15) is 0 Å². The SMILES string of the molecule is CCC(O)CCNC(=O)C1CCCC1CN. The van der Waals surface area contributed by atoms with Crippen molar-refractivity contribution in [3.8, 4) is 0 Å². The summed E-state index contributed by atoms with van der Waals surface area (Å²) in [6.45, 7) is 3.12. The van der Waals surface area contributed by atoms with Crippen molar-refractivity contribution in [3.05, 3.63) is 0 Å². The second-order valence-electron chi connectivity index (χ2n) is 4.67. The first-order chi connectivity index (χ1) is 7.69. The highest BCUT2D eigenvalue weighted by molar-refractivity contribution is 5.79. The van der Waals surface area contributed by atoms with Gasteiger partial charge in [0, 0.05) is 12.5 Å². The molecule has 1 aliphatic rings. The Morgan fingerprint density at radius 3 is 2.94 bits per heavy atom. The number of aliphatic hydroxyl groups is 1. The van der Waals surface area contributed by atoms with Gasteiger partial charge in [0.25, 0.3) is 0 Å². The van der Waals surface area contributed by atoms with Crippen LogP contribution in [0.5, 0.6) is 0 Å². The first kappa shape index (κ1) is 13.5. The first-order valence-electron chi connectivity index (χ1n) is 6.34. The Bertz CT molecular complexity index is 221. The van der Waals surface area contributed by atoms with Crippen LogP contribution in [0.4, 0.5) is 0 Å². The fourth-order valence-electron chi connectivity index (χ4n) is 2.36. The molecule has 3 unspecified atom stereocenters. The molecule has 94 valence electrons. The van der Waals surface area contributed by atoms with Crippen molar-refractivity contribution in [2.75, 3.05) is 13.1 Å². The topological polar surface area (TPSA) is 75.3 Å². The monoisotopic (exact) mass is 228 g/mol. The van der Waals surface area contributed by atoms with E-state index in [0.29, 0.717) is 25.4 Å². The normalized spacial score (nSPS) is 26.7. The molecule has 0 spiro atoms. The third kappa shape index (κ3) is 3.76. The molecule has 0 bridgehead atoms. The average molecular weight is 228 g/mol. The Morgan fingerprint density at radius 1 is 1.56 bits per heavy atom. The molecule has 0 heterocycles. The van der Waals surface area contributed by atoms with Crippen LogP contribution in [0.2, 0.25) is 0 Å². The van der Waals surface area contributed by atoms with Gasteiger partial charge < -0.3 is 16.2 Å². The van der Waals surface area contributed by atoms with Crippen molar-refractivity contribution in [3.63, 3.8) is 0 Å². The lowest BCUT2D eigenvalue weighted by Gasteiger charge is -2.17. The summed E-state index contributed by atoms with van der Waals surface area (Å²) >= 11 is 0. The minimum atomic E-state index is -0.297. The van der Waals surface area contributed by atoms with Crippen LogP contribution in [0, 0.1) is 11.8 Å². The number of nitrogens with two attached hydrogens (primary N) is 1. The predicted octanol–water partition coefficient (Wildman–Crippen LogP) is 0.639. The minimum absolute atomic E-state index is 0.101. The lowest BCUT2D eigenvalue weighted by atomic mass is 9.95. The van der Waals surface area contributed by atoms with Crippen molar-refractivity contribution in [2.45, 2.75) is 45.1 Å². The largest absolute Gasteiger partial charge is 0.393 e. The fourth-order valence-corrected chi connectivity index (χ4v) is 2.36. The number of rotatable bonds is 6. The number of hydrogen-bond acceptors (Lipinski definition) is 3. The minimum Gasteiger partial charge on any atom is -0.393 e. The van der Waals surface area contributed by atoms with Gasteiger partial charge in [0.05, 0.1) is 6.10 Å². The van der Waals surface area contributed by atoms with Gasteiger partial charge in [0.2, 0.25) is 5.91 Å². The van der Waals surface area contributed by atoms with E-state index in [1.807, 2.05) is 6.92 Å². The summed E-state index contributed by atoms with van der Waals surface area (Å²) in [4.78, 5) is 11.8. The summed E-state index contributed by atoms with van der Waals surface area (Å²) in [5.41, 5.74) is 5.64. The van der Waals surface area contributed by atoms with Gasteiger partial charge in [-0.2, -0.15) is 0 Å². The standard InChI is InChI=1S/C12H24N2O2/c1-2-10(15)6-7-14-12(16)11-5-3-4-9(11)8-13/h9-11,15H,2-8,13H2,1H3,(H,14,16). The van der Waals surface area contributed by atoms with E-state index in [1.165, 1.54) is 0 Å². The van der Waals surface area contributed by atoms with Crippen LogP contribution in [0.1, 0.15) is 39.0 Å². The summed E-state index contributed by atoms with van der Waals surface area (Å²) in [7, 11) is 0. The van der Waals surface area contributed by atoms with Crippen molar-refractivity contribution in [1.82, 2.24) is 5.32 Å². The summed E-state index contributed by atoms with van der Waals surface area (Å²) in [5, 5.41) is 12.3. The molecule has 1 amide bonds. The molecule has 1 fully saturated rings. The molecule has 3 atom stereocenters. The van der Waals surface area contributed by atoms with Crippen LogP contribution in [0.3, 0.4) is 0 Å². The van der Waals surface area contributed by atoms with Gasteiger partial charge in [-0.3, -0.25) is 4.79 Å². The highest BCUT2D eigenvalue weighted by Crippen LogP contribution is 2.30. The molecule has 4 N–H and O–H groups in total. The maximum atomic E-state index is 11.8. The Hall–Kier alpha value is -0.610. The zero-order valence-electron chi connectivity index (χ0n) is 10.1. The molecule has 0 saturated heterocycles. The molecule has 0 radical (unpaired) electrons. The maximum Gasteiger partial charge on any atom is 0.223 e. The number of nitrogens with one attached hydrogen (secondary N) is 1. The van der Waals surface area contributed by atoms with Gasteiger partial charge >= 0.3 is 0 Å². The van der Waals surface area contributed by atoms with Gasteiger partial charge in [-0.15, -0.1) is 0 Å². The first-order valence-corrected chi connectivity index (χ1v) is 6.34. The van der Waals surface area contributed by atoms with E-state index in [9.17, 15) is 9.90 Å². The van der Waals surface area contributed by atoms with Crippen molar-refractivity contribution >= 4 is 5.91 Å². The number of carbonyl (C=O) groups excluding carboxylic acids is 1. The average Bonchev–Trinajstić information content (AvgIpc) is 2.76. The lowest BCUT2D eigenvalue weighted by molar-refractivity contribution is -0.126. The van der Waals surface area contributed by atoms with E-state index in [1.54, 1.807) is 0 Å². The molecule has 0 aromatic heterocycles. The number of hydrogen-bond donors (Lipinski definition) is 3. The number of aliphatic hydroxyl groups excluding tert-OH is 1. The van der Waals surface area contributed by atoms with Crippen LogP contribution in [-0.4, -0.2) is 30.2 Å². The molecule has 16 heavy (non-hydrogen) atoms. The Balaban J connectivity index is 2.24. The molecule has 4 heteroatoms. The van der Waals surface area contributed by atoms with Gasteiger partial charge in [0.15, 0.2) is 0 Å². The van der Waals surface area contributed by atoms with Crippen LogP contribution in [0.25, 0.3) is 0 Å². The maximum absolute atomic E-state index is 11.8. The molecule has 4 nitrogen and oxygen atoms in total. The quantitative estimate of drug-likeness (QED) is 0.624. The number of carbonyl (C=O) groups is 1. The lowest BCUT2D eigenvalue weighted by Crippen LogP contribution is -2.36. The highest BCUT2D eigenvalue weighted by Gasteiger charge is 2.31. The van der Waals surface area contributed by atoms with Crippen molar-refractivity contribution < 1.29 is 9.90 Å². The molecule has 1 aliphatic carbocycles. The Labute approximate surface area is 97.6 Å². The number of amides is 1. The molecular weight excluding hydrogens is 204 g/mol. The van der Waals surface area contributed by atoms with E-state index >= 15 is 0 Å².